The number of carboxylic acid groups (broad SMARTS) is 1. The second kappa shape index (κ2) is 5.89. The number of benzene rings is 1. The molecule has 0 spiro atoms. The van der Waals surface area contributed by atoms with Crippen molar-refractivity contribution in [1.82, 2.24) is 5.32 Å². The van der Waals surface area contributed by atoms with E-state index in [4.69, 9.17) is 9.84 Å². The van der Waals surface area contributed by atoms with Crippen molar-refractivity contribution in [2.75, 3.05) is 20.2 Å². The number of carboxylic acids is 1. The highest BCUT2D eigenvalue weighted by Crippen LogP contribution is 2.34. The van der Waals surface area contributed by atoms with Crippen molar-refractivity contribution in [3.63, 3.8) is 0 Å². The summed E-state index contributed by atoms with van der Waals surface area (Å²) in [5, 5.41) is 12.2. The lowest BCUT2D eigenvalue weighted by atomic mass is 9.88. The van der Waals surface area contributed by atoms with Gasteiger partial charge in [-0.15, -0.1) is 12.4 Å². The second-order valence-electron chi connectivity index (χ2n) is 3.95. The van der Waals surface area contributed by atoms with Gasteiger partial charge in [-0.3, -0.25) is 4.79 Å². The van der Waals surface area contributed by atoms with Gasteiger partial charge in [0.15, 0.2) is 0 Å². The fourth-order valence-corrected chi connectivity index (χ4v) is 2.24. The Balaban J connectivity index is 0.00000144. The first kappa shape index (κ1) is 13.8. The number of para-hydroxylation sites is 1. The maximum absolute atomic E-state index is 11.1. The minimum absolute atomic E-state index is 0. The Morgan fingerprint density at radius 2 is 2.12 bits per heavy atom. The molecule has 1 aliphatic rings. The first-order valence-electron chi connectivity index (χ1n) is 5.30. The Bertz CT molecular complexity index is 397. The lowest BCUT2D eigenvalue weighted by molar-refractivity contribution is -0.141. The zero-order valence-corrected chi connectivity index (χ0v) is 10.4. The molecule has 2 atom stereocenters. The van der Waals surface area contributed by atoms with E-state index < -0.39 is 5.97 Å². The van der Waals surface area contributed by atoms with Crippen LogP contribution in [-0.4, -0.2) is 31.3 Å². The van der Waals surface area contributed by atoms with Crippen LogP contribution in [-0.2, 0) is 4.79 Å². The van der Waals surface area contributed by atoms with Crippen LogP contribution in [0.2, 0.25) is 0 Å². The van der Waals surface area contributed by atoms with Crippen LogP contribution in [0.4, 0.5) is 0 Å². The molecule has 0 aliphatic carbocycles. The number of nitrogens with one attached hydrogen (secondary N) is 1. The van der Waals surface area contributed by atoms with Crippen LogP contribution in [0.15, 0.2) is 24.3 Å². The van der Waals surface area contributed by atoms with E-state index in [-0.39, 0.29) is 24.2 Å². The maximum atomic E-state index is 11.1. The molecule has 1 aromatic rings. The van der Waals surface area contributed by atoms with Crippen molar-refractivity contribution in [2.45, 2.75) is 5.92 Å². The van der Waals surface area contributed by atoms with Crippen LogP contribution in [0.1, 0.15) is 11.5 Å². The molecular weight excluding hydrogens is 242 g/mol. The van der Waals surface area contributed by atoms with Gasteiger partial charge in [0.2, 0.25) is 0 Å². The highest BCUT2D eigenvalue weighted by molar-refractivity contribution is 5.85. The predicted octanol–water partition coefficient (Wildman–Crippen LogP) is 1.50. The Morgan fingerprint density at radius 1 is 1.41 bits per heavy atom. The second-order valence-corrected chi connectivity index (χ2v) is 3.95. The minimum Gasteiger partial charge on any atom is -0.496 e. The number of rotatable bonds is 3. The summed E-state index contributed by atoms with van der Waals surface area (Å²) in [5.41, 5.74) is 0.974. The molecule has 2 rings (SSSR count). The summed E-state index contributed by atoms with van der Waals surface area (Å²) in [6.07, 6.45) is 0. The average molecular weight is 258 g/mol. The van der Waals surface area contributed by atoms with Crippen molar-refractivity contribution < 1.29 is 14.6 Å². The molecule has 0 saturated carbocycles. The van der Waals surface area contributed by atoms with Crippen molar-refractivity contribution in [3.8, 4) is 5.75 Å². The van der Waals surface area contributed by atoms with E-state index in [1.165, 1.54) is 0 Å². The monoisotopic (exact) mass is 257 g/mol. The quantitative estimate of drug-likeness (QED) is 0.862. The van der Waals surface area contributed by atoms with Gasteiger partial charge in [0, 0.05) is 19.0 Å². The molecule has 5 heteroatoms. The van der Waals surface area contributed by atoms with Crippen LogP contribution < -0.4 is 10.1 Å². The molecular formula is C12H16ClNO3. The van der Waals surface area contributed by atoms with E-state index in [1.807, 2.05) is 24.3 Å². The molecule has 0 bridgehead atoms. The Morgan fingerprint density at radius 3 is 2.76 bits per heavy atom. The van der Waals surface area contributed by atoms with Crippen LogP contribution in [0.3, 0.4) is 0 Å². The predicted molar refractivity (Wildman–Crippen MR) is 67.0 cm³/mol. The zero-order chi connectivity index (χ0) is 11.5. The van der Waals surface area contributed by atoms with Crippen molar-refractivity contribution >= 4 is 18.4 Å². The molecule has 1 heterocycles. The molecule has 17 heavy (non-hydrogen) atoms. The number of halogens is 1. The molecule has 2 N–H and O–H groups in total. The number of aliphatic carboxylic acids is 1. The lowest BCUT2D eigenvalue weighted by Gasteiger charge is -2.17. The van der Waals surface area contributed by atoms with Gasteiger partial charge in [-0.05, 0) is 11.6 Å². The fourth-order valence-electron chi connectivity index (χ4n) is 2.24. The van der Waals surface area contributed by atoms with E-state index in [2.05, 4.69) is 5.32 Å². The first-order valence-corrected chi connectivity index (χ1v) is 5.30. The van der Waals surface area contributed by atoms with E-state index in [0.717, 1.165) is 11.3 Å². The van der Waals surface area contributed by atoms with Crippen LogP contribution in [0.25, 0.3) is 0 Å². The third kappa shape index (κ3) is 2.70. The summed E-state index contributed by atoms with van der Waals surface area (Å²) >= 11 is 0. The number of methoxy groups -OCH3 is 1. The molecule has 94 valence electrons. The molecule has 4 nitrogen and oxygen atoms in total. The molecule has 1 aromatic carbocycles. The van der Waals surface area contributed by atoms with Gasteiger partial charge in [-0.1, -0.05) is 18.2 Å². The molecule has 0 radical (unpaired) electrons. The number of carbonyl (C=O) groups is 1. The highest BCUT2D eigenvalue weighted by Gasteiger charge is 2.35. The fraction of sp³-hybridized carbons (Fsp3) is 0.417. The van der Waals surface area contributed by atoms with Gasteiger partial charge in [0.1, 0.15) is 5.75 Å². The summed E-state index contributed by atoms with van der Waals surface area (Å²) in [5.74, 6) is -0.353. The van der Waals surface area contributed by atoms with E-state index in [1.54, 1.807) is 7.11 Å². The molecule has 0 amide bonds. The van der Waals surface area contributed by atoms with Gasteiger partial charge in [0.05, 0.1) is 13.0 Å². The van der Waals surface area contributed by atoms with E-state index in [0.29, 0.717) is 13.1 Å². The summed E-state index contributed by atoms with van der Waals surface area (Å²) in [4.78, 5) is 11.1. The first-order chi connectivity index (χ1) is 7.74. The zero-order valence-electron chi connectivity index (χ0n) is 9.55. The molecule has 1 saturated heterocycles. The molecule has 1 aliphatic heterocycles. The average Bonchev–Trinajstić information content (AvgIpc) is 2.77. The number of hydrogen-bond donors (Lipinski definition) is 2. The van der Waals surface area contributed by atoms with E-state index >= 15 is 0 Å². The standard InChI is InChI=1S/C12H15NO3.ClH/c1-16-11-5-3-2-4-8(11)9-6-13-7-10(9)12(14)15;/h2-5,9-10,13H,6-7H2,1H3,(H,14,15);1H. The third-order valence-electron chi connectivity index (χ3n) is 3.07. The lowest BCUT2D eigenvalue weighted by Crippen LogP contribution is -2.21. The Labute approximate surface area is 106 Å². The van der Waals surface area contributed by atoms with Crippen molar-refractivity contribution in [2.24, 2.45) is 5.92 Å². The summed E-state index contributed by atoms with van der Waals surface area (Å²) < 4.78 is 5.27. The maximum Gasteiger partial charge on any atom is 0.308 e. The summed E-state index contributed by atoms with van der Waals surface area (Å²) in [6.45, 7) is 1.22. The number of ether oxygens (including phenoxy) is 1. The van der Waals surface area contributed by atoms with Gasteiger partial charge >= 0.3 is 5.97 Å². The Hall–Kier alpha value is -1.26. The van der Waals surface area contributed by atoms with Crippen molar-refractivity contribution in [3.05, 3.63) is 29.8 Å². The summed E-state index contributed by atoms with van der Waals surface area (Å²) in [6, 6.07) is 7.61. The van der Waals surface area contributed by atoms with Gasteiger partial charge in [-0.2, -0.15) is 0 Å². The van der Waals surface area contributed by atoms with Crippen LogP contribution >= 0.6 is 12.4 Å². The number of hydrogen-bond acceptors (Lipinski definition) is 3. The summed E-state index contributed by atoms with van der Waals surface area (Å²) in [7, 11) is 1.61. The van der Waals surface area contributed by atoms with E-state index in [9.17, 15) is 4.79 Å². The molecule has 2 unspecified atom stereocenters. The minimum atomic E-state index is -0.749. The molecule has 1 fully saturated rings. The topological polar surface area (TPSA) is 58.6 Å². The van der Waals surface area contributed by atoms with Gasteiger partial charge in [0.25, 0.3) is 0 Å². The van der Waals surface area contributed by atoms with Crippen LogP contribution in [0, 0.1) is 5.92 Å². The molecule has 0 aromatic heterocycles. The van der Waals surface area contributed by atoms with Gasteiger partial charge in [-0.25, -0.2) is 0 Å². The largest absolute Gasteiger partial charge is 0.496 e. The highest BCUT2D eigenvalue weighted by atomic mass is 35.5. The Kier molecular flexibility index (Phi) is 4.78. The normalized spacial score (nSPS) is 22.9. The van der Waals surface area contributed by atoms with Crippen molar-refractivity contribution in [1.29, 1.82) is 0 Å². The van der Waals surface area contributed by atoms with Gasteiger partial charge < -0.3 is 15.2 Å². The third-order valence-corrected chi connectivity index (χ3v) is 3.07. The van der Waals surface area contributed by atoms with Crippen LogP contribution in [0.5, 0.6) is 5.75 Å². The smallest absolute Gasteiger partial charge is 0.308 e. The SMILES string of the molecule is COc1ccccc1C1CNCC1C(=O)O.Cl.